The first kappa shape index (κ1) is 15.4. The Morgan fingerprint density at radius 1 is 1.38 bits per heavy atom. The maximum absolute atomic E-state index is 13.8. The number of nitrogens with one attached hydrogen (secondary N) is 1. The molecule has 2 rings (SSSR count). The van der Waals surface area contributed by atoms with Crippen molar-refractivity contribution in [3.05, 3.63) is 52.7 Å². The second-order valence-electron chi connectivity index (χ2n) is 4.65. The van der Waals surface area contributed by atoms with E-state index in [-0.39, 0.29) is 5.56 Å². The maximum Gasteiger partial charge on any atom is 0.248 e. The standard InChI is InChI=1S/C15H17FN2O2S/c1-9-13(16)5-10(15(17)19)6-14(9)18-7-11-3-4-12(20-11)8-21-2/h3-6,18H,7-8H2,1-2H3,(H2,17,19). The molecule has 0 unspecified atom stereocenters. The zero-order valence-electron chi connectivity index (χ0n) is 11.9. The number of anilines is 1. The second-order valence-corrected chi connectivity index (χ2v) is 5.52. The first-order valence-corrected chi connectivity index (χ1v) is 7.81. The first-order chi connectivity index (χ1) is 10.0. The fourth-order valence-corrected chi connectivity index (χ4v) is 2.36. The summed E-state index contributed by atoms with van der Waals surface area (Å²) in [6, 6.07) is 6.49. The normalized spacial score (nSPS) is 10.6. The summed E-state index contributed by atoms with van der Waals surface area (Å²) in [5, 5.41) is 3.07. The Bertz CT molecular complexity index is 655. The van der Waals surface area contributed by atoms with E-state index in [4.69, 9.17) is 10.2 Å². The number of amides is 1. The van der Waals surface area contributed by atoms with Crippen molar-refractivity contribution in [3.8, 4) is 0 Å². The summed E-state index contributed by atoms with van der Waals surface area (Å²) < 4.78 is 19.4. The molecule has 0 saturated heterocycles. The summed E-state index contributed by atoms with van der Waals surface area (Å²) in [6.45, 7) is 2.06. The Morgan fingerprint density at radius 2 is 2.10 bits per heavy atom. The first-order valence-electron chi connectivity index (χ1n) is 6.41. The molecule has 0 fully saturated rings. The number of halogens is 1. The number of carbonyl (C=O) groups excluding carboxylic acids is 1. The highest BCUT2D eigenvalue weighted by atomic mass is 32.2. The summed E-state index contributed by atoms with van der Waals surface area (Å²) >= 11 is 1.68. The van der Waals surface area contributed by atoms with E-state index < -0.39 is 11.7 Å². The molecular weight excluding hydrogens is 291 g/mol. The molecule has 6 heteroatoms. The van der Waals surface area contributed by atoms with Gasteiger partial charge < -0.3 is 15.5 Å². The molecule has 0 aliphatic heterocycles. The van der Waals surface area contributed by atoms with Gasteiger partial charge in [-0.2, -0.15) is 11.8 Å². The molecule has 1 aromatic carbocycles. The molecule has 0 aliphatic carbocycles. The van der Waals surface area contributed by atoms with Gasteiger partial charge in [0.05, 0.1) is 12.3 Å². The quantitative estimate of drug-likeness (QED) is 0.859. The van der Waals surface area contributed by atoms with Crippen LogP contribution in [0, 0.1) is 12.7 Å². The molecule has 0 atom stereocenters. The molecular formula is C15H17FN2O2S. The van der Waals surface area contributed by atoms with Crippen LogP contribution in [0.4, 0.5) is 10.1 Å². The van der Waals surface area contributed by atoms with E-state index in [1.54, 1.807) is 24.8 Å². The van der Waals surface area contributed by atoms with Crippen molar-refractivity contribution in [1.29, 1.82) is 0 Å². The summed E-state index contributed by atoms with van der Waals surface area (Å²) in [4.78, 5) is 11.2. The zero-order chi connectivity index (χ0) is 15.4. The Labute approximate surface area is 126 Å². The van der Waals surface area contributed by atoms with Gasteiger partial charge in [0.15, 0.2) is 0 Å². The molecule has 112 valence electrons. The third-order valence-corrected chi connectivity index (χ3v) is 3.66. The average Bonchev–Trinajstić information content (AvgIpc) is 2.88. The SMILES string of the molecule is CSCc1ccc(CNc2cc(C(N)=O)cc(F)c2C)o1. The Kier molecular flexibility index (Phi) is 4.90. The van der Waals surface area contributed by atoms with Crippen LogP contribution in [0.3, 0.4) is 0 Å². The van der Waals surface area contributed by atoms with Crippen LogP contribution in [-0.2, 0) is 12.3 Å². The minimum Gasteiger partial charge on any atom is -0.463 e. The summed E-state index contributed by atoms with van der Waals surface area (Å²) in [7, 11) is 0. The average molecular weight is 308 g/mol. The van der Waals surface area contributed by atoms with Crippen LogP contribution in [0.25, 0.3) is 0 Å². The predicted molar refractivity (Wildman–Crippen MR) is 82.9 cm³/mol. The van der Waals surface area contributed by atoms with Crippen LogP contribution in [0.2, 0.25) is 0 Å². The zero-order valence-corrected chi connectivity index (χ0v) is 12.7. The number of rotatable bonds is 6. The predicted octanol–water partition coefficient (Wildman–Crippen LogP) is 3.30. The highest BCUT2D eigenvalue weighted by Gasteiger charge is 2.11. The van der Waals surface area contributed by atoms with Crippen LogP contribution in [0.15, 0.2) is 28.7 Å². The van der Waals surface area contributed by atoms with Crippen molar-refractivity contribution >= 4 is 23.4 Å². The number of nitrogens with two attached hydrogens (primary N) is 1. The van der Waals surface area contributed by atoms with E-state index in [1.165, 1.54) is 0 Å². The van der Waals surface area contributed by atoms with Crippen molar-refractivity contribution in [1.82, 2.24) is 0 Å². The Hall–Kier alpha value is -1.95. The minimum absolute atomic E-state index is 0.142. The van der Waals surface area contributed by atoms with E-state index >= 15 is 0 Å². The summed E-state index contributed by atoms with van der Waals surface area (Å²) in [5.74, 6) is 1.34. The maximum atomic E-state index is 13.8. The van der Waals surface area contributed by atoms with Gasteiger partial charge in [-0.1, -0.05) is 0 Å². The Balaban J connectivity index is 2.13. The fraction of sp³-hybridized carbons (Fsp3) is 0.267. The van der Waals surface area contributed by atoms with Gasteiger partial charge in [0, 0.05) is 16.8 Å². The van der Waals surface area contributed by atoms with Crippen molar-refractivity contribution in [2.45, 2.75) is 19.2 Å². The lowest BCUT2D eigenvalue weighted by atomic mass is 10.1. The van der Waals surface area contributed by atoms with Crippen LogP contribution in [-0.4, -0.2) is 12.2 Å². The third-order valence-electron chi connectivity index (χ3n) is 3.09. The van der Waals surface area contributed by atoms with Crippen LogP contribution >= 0.6 is 11.8 Å². The number of benzene rings is 1. The van der Waals surface area contributed by atoms with Crippen LogP contribution < -0.4 is 11.1 Å². The molecule has 1 heterocycles. The number of furan rings is 1. The van der Waals surface area contributed by atoms with Crippen molar-refractivity contribution < 1.29 is 13.6 Å². The molecule has 0 saturated carbocycles. The molecule has 4 nitrogen and oxygen atoms in total. The number of hydrogen-bond acceptors (Lipinski definition) is 4. The highest BCUT2D eigenvalue weighted by Crippen LogP contribution is 2.22. The lowest BCUT2D eigenvalue weighted by Crippen LogP contribution is -2.13. The van der Waals surface area contributed by atoms with Gasteiger partial charge in [0.25, 0.3) is 0 Å². The largest absolute Gasteiger partial charge is 0.463 e. The monoisotopic (exact) mass is 308 g/mol. The number of hydrogen-bond donors (Lipinski definition) is 2. The van der Waals surface area contributed by atoms with Gasteiger partial charge in [-0.15, -0.1) is 0 Å². The third kappa shape index (κ3) is 3.78. The van der Waals surface area contributed by atoms with E-state index in [0.717, 1.165) is 23.3 Å². The molecule has 0 bridgehead atoms. The lowest BCUT2D eigenvalue weighted by molar-refractivity contribution is 0.1000. The molecule has 1 amide bonds. The van der Waals surface area contributed by atoms with Gasteiger partial charge in [-0.05, 0) is 37.4 Å². The van der Waals surface area contributed by atoms with Crippen LogP contribution in [0.5, 0.6) is 0 Å². The number of carbonyl (C=O) groups is 1. The molecule has 0 spiro atoms. The molecule has 0 aliphatic rings. The smallest absolute Gasteiger partial charge is 0.248 e. The Morgan fingerprint density at radius 3 is 2.76 bits per heavy atom. The molecule has 2 aromatic rings. The van der Waals surface area contributed by atoms with Crippen molar-refractivity contribution in [2.24, 2.45) is 5.73 Å². The molecule has 0 radical (unpaired) electrons. The highest BCUT2D eigenvalue weighted by molar-refractivity contribution is 7.97. The number of thioether (sulfide) groups is 1. The van der Waals surface area contributed by atoms with Gasteiger partial charge >= 0.3 is 0 Å². The molecule has 21 heavy (non-hydrogen) atoms. The molecule has 3 N–H and O–H groups in total. The van der Waals surface area contributed by atoms with Gasteiger partial charge in [0.2, 0.25) is 5.91 Å². The second kappa shape index (κ2) is 6.67. The van der Waals surface area contributed by atoms with Gasteiger partial charge in [-0.3, -0.25) is 4.79 Å². The summed E-state index contributed by atoms with van der Waals surface area (Å²) in [6.07, 6.45) is 2.00. The van der Waals surface area contributed by atoms with E-state index in [1.807, 2.05) is 18.4 Å². The van der Waals surface area contributed by atoms with Gasteiger partial charge in [0.1, 0.15) is 17.3 Å². The lowest BCUT2D eigenvalue weighted by Gasteiger charge is -2.10. The van der Waals surface area contributed by atoms with E-state index in [9.17, 15) is 9.18 Å². The van der Waals surface area contributed by atoms with Crippen LogP contribution in [0.1, 0.15) is 27.4 Å². The molecule has 1 aromatic heterocycles. The van der Waals surface area contributed by atoms with Gasteiger partial charge in [-0.25, -0.2) is 4.39 Å². The minimum atomic E-state index is -0.655. The number of primary amides is 1. The van der Waals surface area contributed by atoms with E-state index in [0.29, 0.717) is 17.8 Å². The van der Waals surface area contributed by atoms with E-state index in [2.05, 4.69) is 5.32 Å². The topological polar surface area (TPSA) is 68.3 Å². The fourth-order valence-electron chi connectivity index (χ4n) is 1.92. The summed E-state index contributed by atoms with van der Waals surface area (Å²) in [5.41, 5.74) is 6.31. The van der Waals surface area contributed by atoms with Crippen molar-refractivity contribution in [2.75, 3.05) is 11.6 Å². The van der Waals surface area contributed by atoms with Crippen molar-refractivity contribution in [3.63, 3.8) is 0 Å².